The maximum atomic E-state index is 10.7. The third kappa shape index (κ3) is 3.38. The van der Waals surface area contributed by atoms with Crippen molar-refractivity contribution in [3.63, 3.8) is 0 Å². The van der Waals surface area contributed by atoms with Gasteiger partial charge in [-0.3, -0.25) is 10.1 Å². The van der Waals surface area contributed by atoms with Crippen LogP contribution in [0.1, 0.15) is 19.5 Å². The SMILES string of the molecule is CC(C)NCc1cc(-c2cccc([N+](=O)[O-])c2)on1. The molecule has 1 aromatic carbocycles. The third-order valence-electron chi connectivity index (χ3n) is 2.59. The number of nitro groups is 1. The topological polar surface area (TPSA) is 81.2 Å². The van der Waals surface area contributed by atoms with Gasteiger partial charge in [0, 0.05) is 36.3 Å². The van der Waals surface area contributed by atoms with Crippen LogP contribution in [0.2, 0.25) is 0 Å². The molecule has 0 amide bonds. The fourth-order valence-corrected chi connectivity index (χ4v) is 1.61. The van der Waals surface area contributed by atoms with Gasteiger partial charge in [0.25, 0.3) is 5.69 Å². The minimum atomic E-state index is -0.429. The van der Waals surface area contributed by atoms with Crippen LogP contribution in [0.15, 0.2) is 34.9 Å². The molecule has 0 bridgehead atoms. The van der Waals surface area contributed by atoms with Gasteiger partial charge in [-0.1, -0.05) is 31.1 Å². The fourth-order valence-electron chi connectivity index (χ4n) is 1.61. The van der Waals surface area contributed by atoms with E-state index in [0.717, 1.165) is 5.69 Å². The van der Waals surface area contributed by atoms with Gasteiger partial charge < -0.3 is 9.84 Å². The largest absolute Gasteiger partial charge is 0.356 e. The summed E-state index contributed by atoms with van der Waals surface area (Å²) < 4.78 is 5.21. The summed E-state index contributed by atoms with van der Waals surface area (Å²) in [5.41, 5.74) is 1.46. The van der Waals surface area contributed by atoms with Crippen molar-refractivity contribution >= 4 is 5.69 Å². The lowest BCUT2D eigenvalue weighted by Gasteiger charge is -2.03. The first-order valence-electron chi connectivity index (χ1n) is 6.00. The van der Waals surface area contributed by atoms with E-state index in [1.807, 2.05) is 13.8 Å². The highest BCUT2D eigenvalue weighted by atomic mass is 16.6. The zero-order chi connectivity index (χ0) is 13.8. The monoisotopic (exact) mass is 261 g/mol. The first-order valence-corrected chi connectivity index (χ1v) is 6.00. The number of aromatic nitrogens is 1. The quantitative estimate of drug-likeness (QED) is 0.661. The molecule has 0 unspecified atom stereocenters. The molecule has 0 atom stereocenters. The molecule has 1 heterocycles. The molecule has 0 spiro atoms. The van der Waals surface area contributed by atoms with E-state index in [0.29, 0.717) is 23.9 Å². The Bertz CT molecular complexity index is 578. The van der Waals surface area contributed by atoms with E-state index in [2.05, 4.69) is 10.5 Å². The highest BCUT2D eigenvalue weighted by Gasteiger charge is 2.11. The zero-order valence-electron chi connectivity index (χ0n) is 10.8. The van der Waals surface area contributed by atoms with E-state index in [4.69, 9.17) is 4.52 Å². The maximum absolute atomic E-state index is 10.7. The summed E-state index contributed by atoms with van der Waals surface area (Å²) in [4.78, 5) is 10.3. The lowest BCUT2D eigenvalue weighted by atomic mass is 10.1. The Morgan fingerprint density at radius 1 is 1.42 bits per heavy atom. The predicted octanol–water partition coefficient (Wildman–Crippen LogP) is 2.75. The average Bonchev–Trinajstić information content (AvgIpc) is 2.85. The van der Waals surface area contributed by atoms with E-state index in [1.54, 1.807) is 18.2 Å². The van der Waals surface area contributed by atoms with Crippen molar-refractivity contribution in [1.29, 1.82) is 0 Å². The smallest absolute Gasteiger partial charge is 0.270 e. The Morgan fingerprint density at radius 3 is 2.89 bits per heavy atom. The van der Waals surface area contributed by atoms with Gasteiger partial charge in [-0.2, -0.15) is 0 Å². The van der Waals surface area contributed by atoms with Crippen molar-refractivity contribution in [2.45, 2.75) is 26.4 Å². The van der Waals surface area contributed by atoms with Crippen molar-refractivity contribution in [2.75, 3.05) is 0 Å². The van der Waals surface area contributed by atoms with Gasteiger partial charge in [-0.25, -0.2) is 0 Å². The number of hydrogen-bond donors (Lipinski definition) is 1. The number of nitro benzene ring substituents is 1. The van der Waals surface area contributed by atoms with Gasteiger partial charge in [0.1, 0.15) is 0 Å². The molecule has 6 heteroatoms. The first kappa shape index (κ1) is 13.2. The summed E-state index contributed by atoms with van der Waals surface area (Å²) in [7, 11) is 0. The van der Waals surface area contributed by atoms with Gasteiger partial charge in [-0.15, -0.1) is 0 Å². The molecule has 0 saturated carbocycles. The van der Waals surface area contributed by atoms with Gasteiger partial charge in [-0.05, 0) is 0 Å². The van der Waals surface area contributed by atoms with Gasteiger partial charge in [0.05, 0.1) is 10.6 Å². The summed E-state index contributed by atoms with van der Waals surface area (Å²) in [6, 6.07) is 8.45. The number of hydrogen-bond acceptors (Lipinski definition) is 5. The summed E-state index contributed by atoms with van der Waals surface area (Å²) in [6.45, 7) is 4.69. The number of nitrogens with one attached hydrogen (secondary N) is 1. The van der Waals surface area contributed by atoms with Crippen LogP contribution in [0, 0.1) is 10.1 Å². The summed E-state index contributed by atoms with van der Waals surface area (Å²) >= 11 is 0. The second kappa shape index (κ2) is 5.62. The highest BCUT2D eigenvalue weighted by molar-refractivity contribution is 5.60. The van der Waals surface area contributed by atoms with E-state index >= 15 is 0 Å². The van der Waals surface area contributed by atoms with Crippen LogP contribution in [0.3, 0.4) is 0 Å². The Kier molecular flexibility index (Phi) is 3.91. The average molecular weight is 261 g/mol. The Morgan fingerprint density at radius 2 is 2.21 bits per heavy atom. The van der Waals surface area contributed by atoms with Gasteiger partial charge >= 0.3 is 0 Å². The minimum absolute atomic E-state index is 0.0377. The lowest BCUT2D eigenvalue weighted by molar-refractivity contribution is -0.384. The molecule has 0 fully saturated rings. The minimum Gasteiger partial charge on any atom is -0.356 e. The van der Waals surface area contributed by atoms with Crippen LogP contribution in [0.4, 0.5) is 5.69 Å². The summed E-state index contributed by atoms with van der Waals surface area (Å²) in [6.07, 6.45) is 0. The van der Waals surface area contributed by atoms with E-state index in [-0.39, 0.29) is 5.69 Å². The molecule has 0 aliphatic carbocycles. The van der Waals surface area contributed by atoms with Crippen LogP contribution >= 0.6 is 0 Å². The molecule has 2 aromatic rings. The normalized spacial score (nSPS) is 10.9. The molecule has 0 aliphatic heterocycles. The first-order chi connectivity index (χ1) is 9.06. The molecule has 2 rings (SSSR count). The fraction of sp³-hybridized carbons (Fsp3) is 0.308. The number of non-ortho nitro benzene ring substituents is 1. The van der Waals surface area contributed by atoms with Crippen molar-refractivity contribution < 1.29 is 9.45 Å². The molecule has 0 radical (unpaired) electrons. The Labute approximate surface area is 110 Å². The molecule has 0 aliphatic rings. The standard InChI is InChI=1S/C13H15N3O3/c1-9(2)14-8-11-7-13(19-15-11)10-4-3-5-12(6-10)16(17)18/h3-7,9,14H,8H2,1-2H3. The lowest BCUT2D eigenvalue weighted by Crippen LogP contribution is -2.21. The molecule has 100 valence electrons. The van der Waals surface area contributed by atoms with Crippen LogP contribution in [0.5, 0.6) is 0 Å². The number of benzene rings is 1. The van der Waals surface area contributed by atoms with Crippen LogP contribution in [0.25, 0.3) is 11.3 Å². The van der Waals surface area contributed by atoms with Crippen molar-refractivity contribution in [1.82, 2.24) is 10.5 Å². The summed E-state index contributed by atoms with van der Waals surface area (Å²) in [5, 5.41) is 17.9. The molecule has 0 saturated heterocycles. The second-order valence-electron chi connectivity index (χ2n) is 4.53. The van der Waals surface area contributed by atoms with E-state index in [9.17, 15) is 10.1 Å². The van der Waals surface area contributed by atoms with Crippen molar-refractivity contribution in [3.8, 4) is 11.3 Å². The number of rotatable bonds is 5. The zero-order valence-corrected chi connectivity index (χ0v) is 10.8. The van der Waals surface area contributed by atoms with E-state index in [1.165, 1.54) is 12.1 Å². The van der Waals surface area contributed by atoms with Crippen LogP contribution in [-0.2, 0) is 6.54 Å². The second-order valence-corrected chi connectivity index (χ2v) is 4.53. The predicted molar refractivity (Wildman–Crippen MR) is 70.6 cm³/mol. The summed E-state index contributed by atoms with van der Waals surface area (Å²) in [5.74, 6) is 0.532. The van der Waals surface area contributed by atoms with Gasteiger partial charge in [0.2, 0.25) is 0 Å². The van der Waals surface area contributed by atoms with Gasteiger partial charge in [0.15, 0.2) is 5.76 Å². The highest BCUT2D eigenvalue weighted by Crippen LogP contribution is 2.24. The van der Waals surface area contributed by atoms with Crippen molar-refractivity contribution in [2.24, 2.45) is 0 Å². The Hall–Kier alpha value is -2.21. The van der Waals surface area contributed by atoms with Crippen LogP contribution in [-0.4, -0.2) is 16.1 Å². The van der Waals surface area contributed by atoms with E-state index < -0.39 is 4.92 Å². The molecule has 6 nitrogen and oxygen atoms in total. The maximum Gasteiger partial charge on any atom is 0.270 e. The van der Waals surface area contributed by atoms with Crippen molar-refractivity contribution in [3.05, 3.63) is 46.1 Å². The van der Waals surface area contributed by atoms with Crippen LogP contribution < -0.4 is 5.32 Å². The molecular weight excluding hydrogens is 246 g/mol. The molecule has 1 aromatic heterocycles. The number of nitrogens with zero attached hydrogens (tertiary/aromatic N) is 2. The molecule has 1 N–H and O–H groups in total. The molecule has 19 heavy (non-hydrogen) atoms. The Balaban J connectivity index is 2.18. The molecular formula is C13H15N3O3. The third-order valence-corrected chi connectivity index (χ3v) is 2.59.